The Balaban J connectivity index is 2.24. The first-order valence-electron chi connectivity index (χ1n) is 6.09. The standard InChI is InChI=1S/C11H24N2O3S/c1-11(2,14)6-7-12-10-4-8-13(9-5-10)17(3,15)16/h10,12,14H,4-9H2,1-3H3. The van der Waals surface area contributed by atoms with E-state index in [0.29, 0.717) is 25.6 Å². The van der Waals surface area contributed by atoms with Crippen molar-refractivity contribution in [1.29, 1.82) is 0 Å². The fraction of sp³-hybridized carbons (Fsp3) is 1.00. The van der Waals surface area contributed by atoms with E-state index in [-0.39, 0.29) is 0 Å². The quantitative estimate of drug-likeness (QED) is 0.742. The third kappa shape index (κ3) is 5.81. The van der Waals surface area contributed by atoms with Crippen molar-refractivity contribution in [2.24, 2.45) is 0 Å². The van der Waals surface area contributed by atoms with Crippen LogP contribution in [0.15, 0.2) is 0 Å². The molecule has 0 aromatic heterocycles. The minimum absolute atomic E-state index is 0.371. The van der Waals surface area contributed by atoms with Crippen LogP contribution in [0.2, 0.25) is 0 Å². The summed E-state index contributed by atoms with van der Waals surface area (Å²) < 4.78 is 24.2. The van der Waals surface area contributed by atoms with Gasteiger partial charge in [0.1, 0.15) is 0 Å². The maximum atomic E-state index is 11.3. The second-order valence-corrected chi connectivity index (χ2v) is 7.44. The molecule has 0 unspecified atom stereocenters. The van der Waals surface area contributed by atoms with Crippen molar-refractivity contribution >= 4 is 10.0 Å². The summed E-state index contributed by atoms with van der Waals surface area (Å²) in [5, 5.41) is 12.9. The van der Waals surface area contributed by atoms with E-state index in [1.165, 1.54) is 10.6 Å². The van der Waals surface area contributed by atoms with Crippen LogP contribution in [0.3, 0.4) is 0 Å². The van der Waals surface area contributed by atoms with Crippen LogP contribution in [-0.2, 0) is 10.0 Å². The number of sulfonamides is 1. The average Bonchev–Trinajstić information content (AvgIpc) is 2.15. The van der Waals surface area contributed by atoms with Gasteiger partial charge in [0.15, 0.2) is 0 Å². The highest BCUT2D eigenvalue weighted by Crippen LogP contribution is 2.13. The third-order valence-electron chi connectivity index (χ3n) is 3.09. The molecule has 1 rings (SSSR count). The van der Waals surface area contributed by atoms with Gasteiger partial charge in [-0.3, -0.25) is 0 Å². The summed E-state index contributed by atoms with van der Waals surface area (Å²) in [6.07, 6.45) is 3.66. The molecular weight excluding hydrogens is 240 g/mol. The second-order valence-electron chi connectivity index (χ2n) is 5.45. The van der Waals surface area contributed by atoms with E-state index in [0.717, 1.165) is 19.4 Å². The first-order chi connectivity index (χ1) is 7.68. The van der Waals surface area contributed by atoms with E-state index in [2.05, 4.69) is 5.32 Å². The fourth-order valence-electron chi connectivity index (χ4n) is 1.97. The molecule has 0 spiro atoms. The zero-order valence-corrected chi connectivity index (χ0v) is 11.8. The molecule has 1 fully saturated rings. The van der Waals surface area contributed by atoms with Crippen molar-refractivity contribution in [3.8, 4) is 0 Å². The SMILES string of the molecule is CC(C)(O)CCNC1CCN(S(C)(=O)=O)CC1. The van der Waals surface area contributed by atoms with Crippen molar-refractivity contribution < 1.29 is 13.5 Å². The number of hydrogen-bond acceptors (Lipinski definition) is 4. The molecule has 0 atom stereocenters. The summed E-state index contributed by atoms with van der Waals surface area (Å²) in [4.78, 5) is 0. The Kier molecular flexibility index (Phi) is 4.95. The minimum Gasteiger partial charge on any atom is -0.390 e. The van der Waals surface area contributed by atoms with Gasteiger partial charge < -0.3 is 10.4 Å². The van der Waals surface area contributed by atoms with Gasteiger partial charge in [0.05, 0.1) is 11.9 Å². The zero-order valence-electron chi connectivity index (χ0n) is 10.9. The van der Waals surface area contributed by atoms with Crippen molar-refractivity contribution in [2.45, 2.75) is 44.8 Å². The van der Waals surface area contributed by atoms with Crippen molar-refractivity contribution in [1.82, 2.24) is 9.62 Å². The molecule has 0 radical (unpaired) electrons. The molecule has 0 amide bonds. The monoisotopic (exact) mass is 264 g/mol. The maximum absolute atomic E-state index is 11.3. The molecule has 1 saturated heterocycles. The van der Waals surface area contributed by atoms with Crippen molar-refractivity contribution in [3.63, 3.8) is 0 Å². The summed E-state index contributed by atoms with van der Waals surface area (Å²) in [5.41, 5.74) is -0.638. The van der Waals surface area contributed by atoms with Gasteiger partial charge in [-0.15, -0.1) is 0 Å². The topological polar surface area (TPSA) is 69.6 Å². The first-order valence-corrected chi connectivity index (χ1v) is 7.94. The molecule has 1 heterocycles. The lowest BCUT2D eigenvalue weighted by Gasteiger charge is -2.31. The average molecular weight is 264 g/mol. The van der Waals surface area contributed by atoms with E-state index < -0.39 is 15.6 Å². The number of hydrogen-bond donors (Lipinski definition) is 2. The largest absolute Gasteiger partial charge is 0.390 e. The highest BCUT2D eigenvalue weighted by Gasteiger charge is 2.24. The van der Waals surface area contributed by atoms with Gasteiger partial charge in [-0.1, -0.05) is 0 Å². The van der Waals surface area contributed by atoms with Crippen LogP contribution in [0.25, 0.3) is 0 Å². The lowest BCUT2D eigenvalue weighted by molar-refractivity contribution is 0.0697. The summed E-state index contributed by atoms with van der Waals surface area (Å²) in [7, 11) is -3.03. The van der Waals surface area contributed by atoms with Gasteiger partial charge >= 0.3 is 0 Å². The van der Waals surface area contributed by atoms with Crippen LogP contribution >= 0.6 is 0 Å². The highest BCUT2D eigenvalue weighted by atomic mass is 32.2. The van der Waals surface area contributed by atoms with E-state index in [9.17, 15) is 13.5 Å². The second kappa shape index (κ2) is 5.65. The van der Waals surface area contributed by atoms with Crippen LogP contribution in [-0.4, -0.2) is 55.4 Å². The summed E-state index contributed by atoms with van der Waals surface area (Å²) in [6.45, 7) is 5.55. The lowest BCUT2D eigenvalue weighted by atomic mass is 10.0. The molecule has 2 N–H and O–H groups in total. The van der Waals surface area contributed by atoms with Gasteiger partial charge in [-0.2, -0.15) is 0 Å². The molecule has 6 heteroatoms. The molecule has 5 nitrogen and oxygen atoms in total. The highest BCUT2D eigenvalue weighted by molar-refractivity contribution is 7.88. The van der Waals surface area contributed by atoms with Crippen molar-refractivity contribution in [3.05, 3.63) is 0 Å². The molecule has 0 aliphatic carbocycles. The predicted octanol–water partition coefficient (Wildman–Crippen LogP) is 0.161. The van der Waals surface area contributed by atoms with Gasteiger partial charge in [0, 0.05) is 19.1 Å². The van der Waals surface area contributed by atoms with Gasteiger partial charge in [-0.05, 0) is 39.7 Å². The number of rotatable bonds is 5. The molecule has 0 saturated carbocycles. The normalized spacial score (nSPS) is 20.7. The molecule has 1 aliphatic rings. The van der Waals surface area contributed by atoms with E-state index >= 15 is 0 Å². The lowest BCUT2D eigenvalue weighted by Crippen LogP contribution is -2.45. The Labute approximate surface area is 104 Å². The number of aliphatic hydroxyl groups is 1. The molecule has 17 heavy (non-hydrogen) atoms. The molecule has 102 valence electrons. The Morgan fingerprint density at radius 3 is 2.29 bits per heavy atom. The Bertz CT molecular complexity index is 327. The smallest absolute Gasteiger partial charge is 0.211 e. The zero-order chi connectivity index (χ0) is 13.1. The summed E-state index contributed by atoms with van der Waals surface area (Å²) >= 11 is 0. The van der Waals surface area contributed by atoms with Gasteiger partial charge in [0.25, 0.3) is 0 Å². The van der Waals surface area contributed by atoms with E-state index in [1.807, 2.05) is 0 Å². The Hall–Kier alpha value is -0.170. The maximum Gasteiger partial charge on any atom is 0.211 e. The van der Waals surface area contributed by atoms with Crippen LogP contribution in [0, 0.1) is 0 Å². The Morgan fingerprint density at radius 2 is 1.88 bits per heavy atom. The predicted molar refractivity (Wildman–Crippen MR) is 68.4 cm³/mol. The van der Waals surface area contributed by atoms with Gasteiger partial charge in [-0.25, -0.2) is 12.7 Å². The van der Waals surface area contributed by atoms with Crippen LogP contribution in [0.4, 0.5) is 0 Å². The van der Waals surface area contributed by atoms with Crippen LogP contribution in [0.5, 0.6) is 0 Å². The van der Waals surface area contributed by atoms with Crippen LogP contribution in [0.1, 0.15) is 33.1 Å². The molecule has 1 aliphatic heterocycles. The third-order valence-corrected chi connectivity index (χ3v) is 4.40. The molecule has 0 aromatic rings. The van der Waals surface area contributed by atoms with Gasteiger partial charge in [0.2, 0.25) is 10.0 Å². The minimum atomic E-state index is -3.03. The molecular formula is C11H24N2O3S. The number of nitrogens with one attached hydrogen (secondary N) is 1. The van der Waals surface area contributed by atoms with E-state index in [1.54, 1.807) is 13.8 Å². The van der Waals surface area contributed by atoms with Crippen molar-refractivity contribution in [2.75, 3.05) is 25.9 Å². The first kappa shape index (κ1) is 14.9. The molecule has 0 aromatic carbocycles. The molecule has 0 bridgehead atoms. The summed E-state index contributed by atoms with van der Waals surface area (Å²) in [6, 6.07) is 0.371. The number of piperidine rings is 1. The number of nitrogens with zero attached hydrogens (tertiary/aromatic N) is 1. The van der Waals surface area contributed by atoms with E-state index in [4.69, 9.17) is 0 Å². The summed E-state index contributed by atoms with van der Waals surface area (Å²) in [5.74, 6) is 0. The fourth-order valence-corrected chi connectivity index (χ4v) is 2.85. The Morgan fingerprint density at radius 1 is 1.35 bits per heavy atom. The van der Waals surface area contributed by atoms with Crippen LogP contribution < -0.4 is 5.32 Å².